The lowest BCUT2D eigenvalue weighted by atomic mass is 10.2. The van der Waals surface area contributed by atoms with Crippen LogP contribution in [0.3, 0.4) is 0 Å². The Hall–Kier alpha value is -3.48. The number of para-hydroxylation sites is 2. The lowest BCUT2D eigenvalue weighted by Crippen LogP contribution is -2.03. The van der Waals surface area contributed by atoms with Crippen molar-refractivity contribution < 1.29 is 14.2 Å². The van der Waals surface area contributed by atoms with Crippen LogP contribution in [0.2, 0.25) is 0 Å². The lowest BCUT2D eigenvalue weighted by Gasteiger charge is -2.13. The SMILES string of the molecule is COc1ccccc1Nc1nc(C)cc(Nc2ccc(OC)c(OC)c2)n1. The molecule has 27 heavy (non-hydrogen) atoms. The van der Waals surface area contributed by atoms with Gasteiger partial charge in [0.25, 0.3) is 0 Å². The molecule has 0 radical (unpaired) electrons. The molecule has 0 unspecified atom stereocenters. The van der Waals surface area contributed by atoms with Gasteiger partial charge in [0.05, 0.1) is 27.0 Å². The van der Waals surface area contributed by atoms with Gasteiger partial charge in [0.15, 0.2) is 11.5 Å². The highest BCUT2D eigenvalue weighted by molar-refractivity contribution is 5.65. The summed E-state index contributed by atoms with van der Waals surface area (Å²) in [5.41, 5.74) is 2.45. The second-order valence-corrected chi connectivity index (χ2v) is 5.74. The standard InChI is InChI=1S/C20H22N4O3/c1-13-11-19(22-14-9-10-17(26-3)18(12-14)27-4)24-20(21-13)23-15-7-5-6-8-16(15)25-2/h5-12H,1-4H3,(H2,21,22,23,24). The molecule has 0 saturated carbocycles. The van der Waals surface area contributed by atoms with E-state index in [4.69, 9.17) is 14.2 Å². The van der Waals surface area contributed by atoms with Gasteiger partial charge in [-0.3, -0.25) is 0 Å². The topological polar surface area (TPSA) is 77.5 Å². The summed E-state index contributed by atoms with van der Waals surface area (Å²) in [5.74, 6) is 3.16. The van der Waals surface area contributed by atoms with E-state index in [1.54, 1.807) is 21.3 Å². The molecule has 0 atom stereocenters. The Kier molecular flexibility index (Phi) is 5.61. The second-order valence-electron chi connectivity index (χ2n) is 5.74. The van der Waals surface area contributed by atoms with Crippen LogP contribution in [0.4, 0.5) is 23.1 Å². The van der Waals surface area contributed by atoms with Crippen LogP contribution >= 0.6 is 0 Å². The van der Waals surface area contributed by atoms with Crippen LogP contribution in [-0.4, -0.2) is 31.3 Å². The van der Waals surface area contributed by atoms with E-state index >= 15 is 0 Å². The average Bonchev–Trinajstić information content (AvgIpc) is 2.67. The van der Waals surface area contributed by atoms with Crippen LogP contribution in [0.15, 0.2) is 48.5 Å². The molecule has 3 aromatic rings. The third-order valence-corrected chi connectivity index (χ3v) is 3.86. The van der Waals surface area contributed by atoms with Gasteiger partial charge in [-0.1, -0.05) is 12.1 Å². The summed E-state index contributed by atoms with van der Waals surface area (Å²) in [4.78, 5) is 8.98. The molecule has 0 bridgehead atoms. The Bertz CT molecular complexity index is 931. The first-order valence-corrected chi connectivity index (χ1v) is 8.37. The molecule has 0 aliphatic heterocycles. The fourth-order valence-electron chi connectivity index (χ4n) is 2.62. The first kappa shape index (κ1) is 18.3. The van der Waals surface area contributed by atoms with Crippen molar-refractivity contribution in [3.63, 3.8) is 0 Å². The maximum absolute atomic E-state index is 5.36. The zero-order valence-electron chi connectivity index (χ0n) is 15.7. The fraction of sp³-hybridized carbons (Fsp3) is 0.200. The van der Waals surface area contributed by atoms with Crippen LogP contribution in [0.25, 0.3) is 0 Å². The molecular weight excluding hydrogens is 344 g/mol. The first-order chi connectivity index (χ1) is 13.1. The van der Waals surface area contributed by atoms with E-state index in [0.29, 0.717) is 23.3 Å². The lowest BCUT2D eigenvalue weighted by molar-refractivity contribution is 0.355. The zero-order chi connectivity index (χ0) is 19.2. The van der Waals surface area contributed by atoms with Gasteiger partial charge < -0.3 is 24.8 Å². The van der Waals surface area contributed by atoms with Gasteiger partial charge in [-0.2, -0.15) is 4.98 Å². The molecule has 0 spiro atoms. The van der Waals surface area contributed by atoms with Crippen molar-refractivity contribution in [2.45, 2.75) is 6.92 Å². The molecule has 2 aromatic carbocycles. The number of ether oxygens (including phenoxy) is 3. The summed E-state index contributed by atoms with van der Waals surface area (Å²) in [6.45, 7) is 1.91. The summed E-state index contributed by atoms with van der Waals surface area (Å²) >= 11 is 0. The molecule has 0 amide bonds. The number of rotatable bonds is 7. The van der Waals surface area contributed by atoms with E-state index in [2.05, 4.69) is 20.6 Å². The van der Waals surface area contributed by atoms with Gasteiger partial charge in [0.1, 0.15) is 11.6 Å². The molecule has 140 valence electrons. The molecule has 7 heteroatoms. The van der Waals surface area contributed by atoms with Crippen LogP contribution in [0, 0.1) is 6.92 Å². The number of hydrogen-bond acceptors (Lipinski definition) is 7. The molecule has 3 rings (SSSR count). The number of methoxy groups -OCH3 is 3. The van der Waals surface area contributed by atoms with Crippen molar-refractivity contribution in [3.05, 3.63) is 54.2 Å². The summed E-state index contributed by atoms with van der Waals surface area (Å²) in [5, 5.41) is 6.47. The van der Waals surface area contributed by atoms with Crippen molar-refractivity contribution in [2.75, 3.05) is 32.0 Å². The van der Waals surface area contributed by atoms with Crippen molar-refractivity contribution in [1.82, 2.24) is 9.97 Å². The molecule has 1 aromatic heterocycles. The van der Waals surface area contributed by atoms with Gasteiger partial charge in [-0.05, 0) is 31.2 Å². The van der Waals surface area contributed by atoms with Crippen LogP contribution < -0.4 is 24.8 Å². The molecule has 2 N–H and O–H groups in total. The Labute approximate surface area is 158 Å². The maximum Gasteiger partial charge on any atom is 0.229 e. The Morgan fingerprint density at radius 2 is 1.48 bits per heavy atom. The Morgan fingerprint density at radius 3 is 2.22 bits per heavy atom. The van der Waals surface area contributed by atoms with E-state index in [-0.39, 0.29) is 0 Å². The van der Waals surface area contributed by atoms with E-state index in [1.807, 2.05) is 55.5 Å². The number of nitrogens with zero attached hydrogens (tertiary/aromatic N) is 2. The predicted molar refractivity (Wildman–Crippen MR) is 106 cm³/mol. The number of anilines is 4. The average molecular weight is 366 g/mol. The number of aromatic nitrogens is 2. The highest BCUT2D eigenvalue weighted by Gasteiger charge is 2.09. The summed E-state index contributed by atoms with van der Waals surface area (Å²) in [6, 6.07) is 15.1. The largest absolute Gasteiger partial charge is 0.495 e. The van der Waals surface area contributed by atoms with Crippen LogP contribution in [-0.2, 0) is 0 Å². The third kappa shape index (κ3) is 4.38. The first-order valence-electron chi connectivity index (χ1n) is 8.37. The molecule has 0 aliphatic carbocycles. The van der Waals surface area contributed by atoms with Gasteiger partial charge in [-0.15, -0.1) is 0 Å². The smallest absolute Gasteiger partial charge is 0.229 e. The van der Waals surface area contributed by atoms with E-state index < -0.39 is 0 Å². The molecule has 1 heterocycles. The van der Waals surface area contributed by atoms with Gasteiger partial charge in [-0.25, -0.2) is 4.98 Å². The van der Waals surface area contributed by atoms with Gasteiger partial charge >= 0.3 is 0 Å². The molecule has 0 aliphatic rings. The maximum atomic E-state index is 5.36. The van der Waals surface area contributed by atoms with Crippen molar-refractivity contribution >= 4 is 23.1 Å². The van der Waals surface area contributed by atoms with Gasteiger partial charge in [0.2, 0.25) is 5.95 Å². The number of hydrogen-bond donors (Lipinski definition) is 2. The quantitative estimate of drug-likeness (QED) is 0.645. The Morgan fingerprint density at radius 1 is 0.741 bits per heavy atom. The van der Waals surface area contributed by atoms with Crippen molar-refractivity contribution in [3.8, 4) is 17.2 Å². The minimum Gasteiger partial charge on any atom is -0.495 e. The Balaban J connectivity index is 1.85. The van der Waals surface area contributed by atoms with Gasteiger partial charge in [0, 0.05) is 23.5 Å². The number of nitrogens with one attached hydrogen (secondary N) is 2. The zero-order valence-corrected chi connectivity index (χ0v) is 15.7. The van der Waals surface area contributed by atoms with Crippen LogP contribution in [0.1, 0.15) is 5.69 Å². The summed E-state index contributed by atoms with van der Waals surface area (Å²) < 4.78 is 16.0. The summed E-state index contributed by atoms with van der Waals surface area (Å²) in [6.07, 6.45) is 0. The van der Waals surface area contributed by atoms with Crippen molar-refractivity contribution in [1.29, 1.82) is 0 Å². The molecular formula is C20H22N4O3. The minimum atomic E-state index is 0.475. The summed E-state index contributed by atoms with van der Waals surface area (Å²) in [7, 11) is 4.84. The number of benzene rings is 2. The molecule has 0 saturated heterocycles. The fourth-order valence-corrected chi connectivity index (χ4v) is 2.62. The van der Waals surface area contributed by atoms with Crippen molar-refractivity contribution in [2.24, 2.45) is 0 Å². The predicted octanol–water partition coefficient (Wildman–Crippen LogP) is 4.30. The third-order valence-electron chi connectivity index (χ3n) is 3.86. The van der Waals surface area contributed by atoms with E-state index in [0.717, 1.165) is 22.8 Å². The monoisotopic (exact) mass is 366 g/mol. The molecule has 7 nitrogen and oxygen atoms in total. The highest BCUT2D eigenvalue weighted by Crippen LogP contribution is 2.31. The minimum absolute atomic E-state index is 0.475. The van der Waals surface area contributed by atoms with Crippen LogP contribution in [0.5, 0.6) is 17.2 Å². The molecule has 0 fully saturated rings. The van der Waals surface area contributed by atoms with E-state index in [1.165, 1.54) is 0 Å². The number of aryl methyl sites for hydroxylation is 1. The normalized spacial score (nSPS) is 10.2. The highest BCUT2D eigenvalue weighted by atomic mass is 16.5. The second kappa shape index (κ2) is 8.27. The van der Waals surface area contributed by atoms with E-state index in [9.17, 15) is 0 Å².